The lowest BCUT2D eigenvalue weighted by atomic mass is 9.90. The highest BCUT2D eigenvalue weighted by Gasteiger charge is 2.27. The Bertz CT molecular complexity index is 1570. The molecule has 0 aromatic heterocycles. The van der Waals surface area contributed by atoms with E-state index in [0.29, 0.717) is 23.0 Å². The topological polar surface area (TPSA) is 128 Å². The number of carbonyl (C=O) groups excluding carboxylic acids is 1. The van der Waals surface area contributed by atoms with Gasteiger partial charge < -0.3 is 29.6 Å². The van der Waals surface area contributed by atoms with Crippen LogP contribution in [-0.2, 0) is 11.3 Å². The molecule has 0 unspecified atom stereocenters. The van der Waals surface area contributed by atoms with E-state index in [0.717, 1.165) is 60.2 Å². The van der Waals surface area contributed by atoms with Gasteiger partial charge in [0.2, 0.25) is 5.96 Å². The first-order valence-electron chi connectivity index (χ1n) is 15.4. The first kappa shape index (κ1) is 39.3. The largest absolute Gasteiger partial charge is 0.497 e. The number of rotatable bonds is 9. The molecule has 1 saturated heterocycles. The van der Waals surface area contributed by atoms with Crippen LogP contribution in [-0.4, -0.2) is 73.4 Å². The number of methoxy groups -OCH3 is 3. The molecule has 0 radical (unpaired) electrons. The van der Waals surface area contributed by atoms with Crippen LogP contribution in [0, 0.1) is 11.6 Å². The predicted octanol–water partition coefficient (Wildman–Crippen LogP) is 6.99. The van der Waals surface area contributed by atoms with E-state index in [1.807, 2.05) is 32.9 Å². The highest BCUT2D eigenvalue weighted by Crippen LogP contribution is 2.34. The second kappa shape index (κ2) is 18.0. The molecule has 1 heterocycles. The van der Waals surface area contributed by atoms with Crippen LogP contribution in [0.25, 0.3) is 0 Å². The second-order valence-electron chi connectivity index (χ2n) is 12.0. The molecule has 0 aliphatic carbocycles. The molecule has 15 heteroatoms. The van der Waals surface area contributed by atoms with Crippen LogP contribution in [0.4, 0.5) is 13.6 Å². The zero-order valence-corrected chi connectivity index (χ0v) is 30.4. The lowest BCUT2D eigenvalue weighted by Gasteiger charge is -2.33. The minimum absolute atomic E-state index is 0.00592. The molecule has 49 heavy (non-hydrogen) atoms. The standard InChI is InChI=1S/C18H23F2N5O3S.C16H22ClNO2/c1-24(22)23-18(21)25(10-11-5-6-12(26-2)7-15(11)27-3)29-17-9-13(19)16(28-4)8-14(17)20;1-16(2,3)20-15(19)18-10-8-13(9-11-18)12-4-6-14(17)7-5-12/h5-9H,10,22H2,1-4H3,(H2,21,23);4-7,13H,8-11H2,1-3H3. The van der Waals surface area contributed by atoms with Crippen molar-refractivity contribution in [3.05, 3.63) is 82.4 Å². The number of nitrogens with zero attached hydrogens (tertiary/aromatic N) is 4. The Morgan fingerprint density at radius 2 is 1.61 bits per heavy atom. The van der Waals surface area contributed by atoms with E-state index in [-0.39, 0.29) is 29.2 Å². The first-order valence-corrected chi connectivity index (χ1v) is 16.5. The highest BCUT2D eigenvalue weighted by atomic mass is 35.5. The van der Waals surface area contributed by atoms with Crippen molar-refractivity contribution in [2.75, 3.05) is 41.5 Å². The molecule has 0 saturated carbocycles. The quantitative estimate of drug-likeness (QED) is 0.0784. The van der Waals surface area contributed by atoms with Gasteiger partial charge in [-0.15, -0.1) is 5.10 Å². The number of piperidine rings is 1. The van der Waals surface area contributed by atoms with E-state index in [1.165, 1.54) is 31.1 Å². The van der Waals surface area contributed by atoms with E-state index in [1.54, 1.807) is 30.2 Å². The van der Waals surface area contributed by atoms with Gasteiger partial charge in [-0.1, -0.05) is 23.7 Å². The predicted molar refractivity (Wildman–Crippen MR) is 189 cm³/mol. The summed E-state index contributed by atoms with van der Waals surface area (Å²) in [5.74, 6) is 5.60. The van der Waals surface area contributed by atoms with E-state index in [4.69, 9.17) is 42.1 Å². The average molecular weight is 723 g/mol. The Kier molecular flexibility index (Phi) is 14.5. The number of hydrogen-bond donors (Lipinski definition) is 2. The van der Waals surface area contributed by atoms with Gasteiger partial charge in [0.1, 0.15) is 22.9 Å². The molecule has 1 aliphatic rings. The number of benzene rings is 3. The van der Waals surface area contributed by atoms with E-state index < -0.39 is 17.2 Å². The summed E-state index contributed by atoms with van der Waals surface area (Å²) in [7, 11) is 5.80. The van der Waals surface area contributed by atoms with Crippen molar-refractivity contribution in [3.8, 4) is 17.2 Å². The summed E-state index contributed by atoms with van der Waals surface area (Å²) < 4.78 is 50.7. The Morgan fingerprint density at radius 1 is 0.980 bits per heavy atom. The molecule has 1 fully saturated rings. The molecule has 0 bridgehead atoms. The van der Waals surface area contributed by atoms with Crippen LogP contribution < -0.4 is 25.8 Å². The monoisotopic (exact) mass is 722 g/mol. The molecular formula is C34H45ClF2N6O5S. The molecule has 0 spiro atoms. The van der Waals surface area contributed by atoms with Gasteiger partial charge in [-0.05, 0) is 87.4 Å². The summed E-state index contributed by atoms with van der Waals surface area (Å²) in [6.07, 6.45) is 1.74. The lowest BCUT2D eigenvalue weighted by molar-refractivity contribution is 0.0205. The van der Waals surface area contributed by atoms with Crippen LogP contribution in [0.2, 0.25) is 5.02 Å². The molecule has 4 rings (SSSR count). The summed E-state index contributed by atoms with van der Waals surface area (Å²) in [6.45, 7) is 7.35. The minimum atomic E-state index is -0.704. The maximum atomic E-state index is 14.4. The van der Waals surface area contributed by atoms with Crippen LogP contribution in [0.3, 0.4) is 0 Å². The fraction of sp³-hybridized carbons (Fsp3) is 0.412. The Labute approximate surface area is 296 Å². The van der Waals surface area contributed by atoms with Gasteiger partial charge in [-0.3, -0.25) is 4.31 Å². The molecule has 4 N–H and O–H groups in total. The number of carbonyl (C=O) groups is 1. The van der Waals surface area contributed by atoms with Crippen LogP contribution in [0.5, 0.6) is 17.2 Å². The maximum Gasteiger partial charge on any atom is 0.410 e. The van der Waals surface area contributed by atoms with Crippen LogP contribution in [0.1, 0.15) is 50.7 Å². The fourth-order valence-electron chi connectivity index (χ4n) is 4.82. The van der Waals surface area contributed by atoms with Crippen molar-refractivity contribution >= 4 is 35.6 Å². The third-order valence-electron chi connectivity index (χ3n) is 7.23. The van der Waals surface area contributed by atoms with Gasteiger partial charge >= 0.3 is 6.09 Å². The van der Waals surface area contributed by atoms with E-state index >= 15 is 0 Å². The number of guanidine groups is 1. The molecule has 3 aromatic rings. The highest BCUT2D eigenvalue weighted by molar-refractivity contribution is 7.97. The van der Waals surface area contributed by atoms with E-state index in [2.05, 4.69) is 17.2 Å². The minimum Gasteiger partial charge on any atom is -0.497 e. The number of likely N-dealkylation sites (tertiary alicyclic amines) is 1. The number of ether oxygens (including phenoxy) is 4. The van der Waals surface area contributed by atoms with Gasteiger partial charge in [-0.25, -0.2) is 24.5 Å². The first-order chi connectivity index (χ1) is 23.1. The third kappa shape index (κ3) is 12.1. The molecule has 268 valence electrons. The van der Waals surface area contributed by atoms with Gasteiger partial charge in [0.25, 0.3) is 0 Å². The Hall–Kier alpha value is -4.14. The SMILES string of the molecule is CC(C)(C)OC(=O)N1CCC(c2ccc(Cl)cc2)CC1.COc1ccc(CN(Sc2cc(F)c(OC)cc2F)/C(N)=N/N(C)N)c(OC)c1. The zero-order valence-electron chi connectivity index (χ0n) is 28.8. The van der Waals surface area contributed by atoms with Gasteiger partial charge in [-0.2, -0.15) is 0 Å². The Morgan fingerprint density at radius 3 is 2.16 bits per heavy atom. The van der Waals surface area contributed by atoms with Crippen LogP contribution >= 0.6 is 23.5 Å². The van der Waals surface area contributed by atoms with Crippen molar-refractivity contribution < 1.29 is 32.5 Å². The smallest absolute Gasteiger partial charge is 0.410 e. The van der Waals surface area contributed by atoms with Crippen LogP contribution in [0.15, 0.2) is 64.6 Å². The number of hydrazine groups is 1. The molecule has 1 amide bonds. The van der Waals surface area contributed by atoms with Gasteiger partial charge in [0.15, 0.2) is 11.6 Å². The van der Waals surface area contributed by atoms with Crippen molar-refractivity contribution in [1.82, 2.24) is 14.3 Å². The summed E-state index contributed by atoms with van der Waals surface area (Å²) in [4.78, 5) is 13.8. The number of amides is 1. The number of halogens is 3. The molecule has 1 aliphatic heterocycles. The van der Waals surface area contributed by atoms with Crippen molar-refractivity contribution in [2.24, 2.45) is 16.7 Å². The summed E-state index contributed by atoms with van der Waals surface area (Å²) in [5.41, 5.74) is 7.63. The lowest BCUT2D eigenvalue weighted by Crippen LogP contribution is -2.41. The Balaban J connectivity index is 0.000000284. The summed E-state index contributed by atoms with van der Waals surface area (Å²) in [6, 6.07) is 15.2. The molecular weight excluding hydrogens is 678 g/mol. The summed E-state index contributed by atoms with van der Waals surface area (Å²) >= 11 is 6.77. The molecule has 11 nitrogen and oxygen atoms in total. The van der Waals surface area contributed by atoms with Gasteiger partial charge in [0.05, 0.1) is 32.8 Å². The number of hydrogen-bond acceptors (Lipinski definition) is 9. The van der Waals surface area contributed by atoms with Crippen molar-refractivity contribution in [2.45, 2.75) is 56.6 Å². The van der Waals surface area contributed by atoms with Gasteiger partial charge in [0, 0.05) is 42.9 Å². The second-order valence-corrected chi connectivity index (χ2v) is 13.5. The zero-order chi connectivity index (χ0) is 36.3. The number of nitrogens with two attached hydrogens (primary N) is 2. The molecule has 3 aromatic carbocycles. The maximum absolute atomic E-state index is 14.4. The third-order valence-corrected chi connectivity index (χ3v) is 8.52. The normalized spacial score (nSPS) is 13.6. The van der Waals surface area contributed by atoms with Crippen molar-refractivity contribution in [1.29, 1.82) is 0 Å². The molecule has 0 atom stereocenters. The average Bonchev–Trinajstić information content (AvgIpc) is 3.05. The summed E-state index contributed by atoms with van der Waals surface area (Å²) in [5, 5.41) is 5.73. The fourth-order valence-corrected chi connectivity index (χ4v) is 5.82. The van der Waals surface area contributed by atoms with E-state index in [9.17, 15) is 13.6 Å². The van der Waals surface area contributed by atoms with Crippen molar-refractivity contribution in [3.63, 3.8) is 0 Å². The number of hydrazone groups is 1.